The van der Waals surface area contributed by atoms with E-state index in [1.807, 2.05) is 25.1 Å². The van der Waals surface area contributed by atoms with Crippen molar-refractivity contribution >= 4 is 35.0 Å². The van der Waals surface area contributed by atoms with Crippen molar-refractivity contribution in [2.45, 2.75) is 6.92 Å². The summed E-state index contributed by atoms with van der Waals surface area (Å²) in [5.41, 5.74) is 6.97. The van der Waals surface area contributed by atoms with Crippen molar-refractivity contribution in [1.29, 1.82) is 0 Å². The zero-order valence-corrected chi connectivity index (χ0v) is 13.2. The fourth-order valence-corrected chi connectivity index (χ4v) is 1.85. The minimum absolute atomic E-state index is 0.00112. The molecule has 0 aliphatic carbocycles. The SMILES string of the molecule is Cc1ccc(C(=O)NC(=S)NNC(=O)Nc2ccccc2)cc1. The molecule has 6 nitrogen and oxygen atoms in total. The van der Waals surface area contributed by atoms with Gasteiger partial charge in [-0.15, -0.1) is 0 Å². The van der Waals surface area contributed by atoms with Gasteiger partial charge in [-0.05, 0) is 43.4 Å². The molecule has 0 saturated heterocycles. The molecule has 3 amide bonds. The Labute approximate surface area is 139 Å². The topological polar surface area (TPSA) is 82.3 Å². The molecule has 0 heterocycles. The quantitative estimate of drug-likeness (QED) is 0.504. The molecular formula is C16H16N4O2S. The summed E-state index contributed by atoms with van der Waals surface area (Å²) in [4.78, 5) is 23.6. The molecule has 0 aromatic heterocycles. The van der Waals surface area contributed by atoms with Crippen LogP contribution in [0.25, 0.3) is 0 Å². The molecule has 2 rings (SSSR count). The second-order valence-corrected chi connectivity index (χ2v) is 5.13. The van der Waals surface area contributed by atoms with Crippen LogP contribution in [0.5, 0.6) is 0 Å². The molecule has 2 aromatic carbocycles. The van der Waals surface area contributed by atoms with E-state index in [1.165, 1.54) is 0 Å². The van der Waals surface area contributed by atoms with Gasteiger partial charge in [-0.1, -0.05) is 35.9 Å². The van der Waals surface area contributed by atoms with E-state index in [4.69, 9.17) is 12.2 Å². The predicted molar refractivity (Wildman–Crippen MR) is 93.0 cm³/mol. The monoisotopic (exact) mass is 328 g/mol. The largest absolute Gasteiger partial charge is 0.337 e. The van der Waals surface area contributed by atoms with Gasteiger partial charge in [-0.2, -0.15) is 0 Å². The van der Waals surface area contributed by atoms with Gasteiger partial charge in [0.1, 0.15) is 0 Å². The number of urea groups is 1. The van der Waals surface area contributed by atoms with Crippen molar-refractivity contribution in [3.63, 3.8) is 0 Å². The Bertz CT molecular complexity index is 702. The van der Waals surface area contributed by atoms with Crippen LogP contribution in [0.2, 0.25) is 0 Å². The highest BCUT2D eigenvalue weighted by Gasteiger charge is 2.08. The third kappa shape index (κ3) is 5.40. The first-order chi connectivity index (χ1) is 11.0. The number of hydrazine groups is 1. The number of hydrogen-bond acceptors (Lipinski definition) is 3. The first-order valence-corrected chi connectivity index (χ1v) is 7.25. The van der Waals surface area contributed by atoms with E-state index < -0.39 is 6.03 Å². The van der Waals surface area contributed by atoms with Gasteiger partial charge in [0.25, 0.3) is 5.91 Å². The van der Waals surface area contributed by atoms with Crippen molar-refractivity contribution < 1.29 is 9.59 Å². The standard InChI is InChI=1S/C16H16N4O2S/c1-11-7-9-12(10-8-11)14(21)18-16(23)20-19-15(22)17-13-5-3-2-4-6-13/h2-10H,1H3,(H2,17,19,22)(H2,18,20,21,23). The highest BCUT2D eigenvalue weighted by Crippen LogP contribution is 2.04. The predicted octanol–water partition coefficient (Wildman–Crippen LogP) is 2.34. The fraction of sp³-hybridized carbons (Fsp3) is 0.0625. The average molecular weight is 328 g/mol. The van der Waals surface area contributed by atoms with Crippen LogP contribution in [0.15, 0.2) is 54.6 Å². The lowest BCUT2D eigenvalue weighted by Gasteiger charge is -2.11. The zero-order chi connectivity index (χ0) is 16.7. The van der Waals surface area contributed by atoms with Crippen molar-refractivity contribution in [3.05, 3.63) is 65.7 Å². The van der Waals surface area contributed by atoms with Crippen LogP contribution in [-0.4, -0.2) is 17.1 Å². The highest BCUT2D eigenvalue weighted by molar-refractivity contribution is 7.80. The highest BCUT2D eigenvalue weighted by atomic mass is 32.1. The van der Waals surface area contributed by atoms with Crippen LogP contribution in [0, 0.1) is 6.92 Å². The molecule has 0 aliphatic rings. The lowest BCUT2D eigenvalue weighted by Crippen LogP contribution is -2.49. The number of thiocarbonyl (C=S) groups is 1. The van der Waals surface area contributed by atoms with E-state index in [9.17, 15) is 9.59 Å². The summed E-state index contributed by atoms with van der Waals surface area (Å²) in [6.07, 6.45) is 0. The molecule has 7 heteroatoms. The third-order valence-corrected chi connectivity index (χ3v) is 3.07. The van der Waals surface area contributed by atoms with Crippen LogP contribution in [-0.2, 0) is 0 Å². The molecular weight excluding hydrogens is 312 g/mol. The molecule has 118 valence electrons. The summed E-state index contributed by atoms with van der Waals surface area (Å²) in [6.45, 7) is 1.93. The van der Waals surface area contributed by atoms with Crippen molar-refractivity contribution in [3.8, 4) is 0 Å². The maximum absolute atomic E-state index is 11.9. The van der Waals surface area contributed by atoms with Gasteiger partial charge in [0.15, 0.2) is 5.11 Å². The maximum Gasteiger partial charge on any atom is 0.337 e. The molecule has 0 bridgehead atoms. The average Bonchev–Trinajstić information content (AvgIpc) is 2.54. The molecule has 0 atom stereocenters. The van der Waals surface area contributed by atoms with Gasteiger partial charge in [0.2, 0.25) is 0 Å². The second-order valence-electron chi connectivity index (χ2n) is 4.72. The van der Waals surface area contributed by atoms with E-state index >= 15 is 0 Å². The van der Waals surface area contributed by atoms with E-state index in [0.717, 1.165) is 5.56 Å². The number of carbonyl (C=O) groups excluding carboxylic acids is 2. The summed E-state index contributed by atoms with van der Waals surface area (Å²) >= 11 is 4.95. The number of aryl methyl sites for hydroxylation is 1. The van der Waals surface area contributed by atoms with Crippen LogP contribution < -0.4 is 21.5 Å². The zero-order valence-electron chi connectivity index (χ0n) is 12.4. The van der Waals surface area contributed by atoms with Gasteiger partial charge in [-0.3, -0.25) is 15.5 Å². The summed E-state index contributed by atoms with van der Waals surface area (Å²) in [5.74, 6) is -0.354. The normalized spacial score (nSPS) is 9.61. The Morgan fingerprint density at radius 1 is 0.913 bits per heavy atom. The second kappa shape index (κ2) is 7.90. The first-order valence-electron chi connectivity index (χ1n) is 6.84. The Morgan fingerprint density at radius 2 is 1.57 bits per heavy atom. The molecule has 4 N–H and O–H groups in total. The number of rotatable bonds is 2. The summed E-state index contributed by atoms with van der Waals surface area (Å²) in [5, 5.41) is 5.08. The Kier molecular flexibility index (Phi) is 5.65. The van der Waals surface area contributed by atoms with E-state index in [-0.39, 0.29) is 11.0 Å². The minimum Gasteiger partial charge on any atom is -0.307 e. The Hall–Kier alpha value is -2.93. The molecule has 0 fully saturated rings. The Morgan fingerprint density at radius 3 is 2.22 bits per heavy atom. The number of carbonyl (C=O) groups is 2. The summed E-state index contributed by atoms with van der Waals surface area (Å²) < 4.78 is 0. The molecule has 0 aliphatic heterocycles. The molecule has 0 saturated carbocycles. The molecule has 2 aromatic rings. The molecule has 0 unspecified atom stereocenters. The molecule has 0 spiro atoms. The fourth-order valence-electron chi connectivity index (χ4n) is 1.71. The van der Waals surface area contributed by atoms with Gasteiger partial charge < -0.3 is 5.32 Å². The first kappa shape index (κ1) is 16.4. The van der Waals surface area contributed by atoms with E-state index in [2.05, 4.69) is 21.5 Å². The lowest BCUT2D eigenvalue weighted by atomic mass is 10.1. The number of benzene rings is 2. The van der Waals surface area contributed by atoms with Gasteiger partial charge in [0.05, 0.1) is 0 Å². The minimum atomic E-state index is -0.497. The maximum atomic E-state index is 11.9. The van der Waals surface area contributed by atoms with Crippen LogP contribution >= 0.6 is 12.2 Å². The van der Waals surface area contributed by atoms with Crippen molar-refractivity contribution in [1.82, 2.24) is 16.2 Å². The van der Waals surface area contributed by atoms with Gasteiger partial charge in [0, 0.05) is 11.3 Å². The number of para-hydroxylation sites is 1. The number of hydrogen-bond donors (Lipinski definition) is 4. The summed E-state index contributed by atoms with van der Waals surface area (Å²) in [6, 6.07) is 15.5. The van der Waals surface area contributed by atoms with E-state index in [1.54, 1.807) is 36.4 Å². The lowest BCUT2D eigenvalue weighted by molar-refractivity contribution is 0.0976. The van der Waals surface area contributed by atoms with Gasteiger partial charge in [-0.25, -0.2) is 10.2 Å². The van der Waals surface area contributed by atoms with E-state index in [0.29, 0.717) is 11.3 Å². The van der Waals surface area contributed by atoms with Crippen LogP contribution in [0.1, 0.15) is 15.9 Å². The number of amides is 3. The smallest absolute Gasteiger partial charge is 0.307 e. The Balaban J connectivity index is 1.77. The summed E-state index contributed by atoms with van der Waals surface area (Å²) in [7, 11) is 0. The molecule has 23 heavy (non-hydrogen) atoms. The molecule has 0 radical (unpaired) electrons. The van der Waals surface area contributed by atoms with Crippen molar-refractivity contribution in [2.75, 3.05) is 5.32 Å². The van der Waals surface area contributed by atoms with Crippen LogP contribution in [0.4, 0.5) is 10.5 Å². The van der Waals surface area contributed by atoms with Gasteiger partial charge >= 0.3 is 6.03 Å². The number of nitrogens with one attached hydrogen (secondary N) is 4. The third-order valence-electron chi connectivity index (χ3n) is 2.86. The van der Waals surface area contributed by atoms with Crippen molar-refractivity contribution in [2.24, 2.45) is 0 Å². The number of anilines is 1. The van der Waals surface area contributed by atoms with Crippen LogP contribution in [0.3, 0.4) is 0 Å².